The first-order valence-corrected chi connectivity index (χ1v) is 6.52. The number of nitrogens with zero attached hydrogens (tertiary/aromatic N) is 1. The summed E-state index contributed by atoms with van der Waals surface area (Å²) in [5, 5.41) is 8.78. The Labute approximate surface area is 102 Å². The van der Waals surface area contributed by atoms with Crippen LogP contribution in [0.5, 0.6) is 0 Å². The second-order valence-corrected chi connectivity index (χ2v) is 5.03. The van der Waals surface area contributed by atoms with Crippen LogP contribution >= 0.6 is 0 Å². The van der Waals surface area contributed by atoms with E-state index >= 15 is 0 Å². The van der Waals surface area contributed by atoms with Gasteiger partial charge in [-0.25, -0.2) is 0 Å². The Hall–Kier alpha value is -0.650. The van der Waals surface area contributed by atoms with E-state index in [9.17, 15) is 4.79 Å². The third-order valence-corrected chi connectivity index (χ3v) is 3.89. The summed E-state index contributed by atoms with van der Waals surface area (Å²) >= 11 is 0. The Balaban J connectivity index is 1.84. The predicted molar refractivity (Wildman–Crippen MR) is 63.8 cm³/mol. The van der Waals surface area contributed by atoms with Crippen LogP contribution in [0.3, 0.4) is 0 Å². The lowest BCUT2D eigenvalue weighted by molar-refractivity contribution is -0.139. The van der Waals surface area contributed by atoms with E-state index in [0.717, 1.165) is 26.1 Å². The molecule has 98 valence electrons. The van der Waals surface area contributed by atoms with E-state index in [0.29, 0.717) is 18.6 Å². The molecule has 3 N–H and O–H groups in total. The minimum Gasteiger partial charge on any atom is -0.480 e. The second kappa shape index (κ2) is 5.80. The molecule has 0 bridgehead atoms. The SMILES string of the molecule is NC(CCN1CCOC2CCCCC21)C(=O)O. The molecule has 3 atom stereocenters. The quantitative estimate of drug-likeness (QED) is 0.747. The molecule has 5 heteroatoms. The summed E-state index contributed by atoms with van der Waals surface area (Å²) in [6.45, 7) is 2.45. The van der Waals surface area contributed by atoms with Gasteiger partial charge in [-0.1, -0.05) is 12.8 Å². The fraction of sp³-hybridized carbons (Fsp3) is 0.917. The van der Waals surface area contributed by atoms with Crippen molar-refractivity contribution in [1.82, 2.24) is 4.90 Å². The molecule has 2 aliphatic rings. The first-order valence-electron chi connectivity index (χ1n) is 6.52. The van der Waals surface area contributed by atoms with Crippen molar-refractivity contribution in [2.24, 2.45) is 5.73 Å². The van der Waals surface area contributed by atoms with Crippen LogP contribution in [0.25, 0.3) is 0 Å². The van der Waals surface area contributed by atoms with Gasteiger partial charge in [-0.05, 0) is 19.3 Å². The van der Waals surface area contributed by atoms with Gasteiger partial charge in [-0.15, -0.1) is 0 Å². The zero-order valence-electron chi connectivity index (χ0n) is 10.2. The van der Waals surface area contributed by atoms with E-state index in [1.165, 1.54) is 19.3 Å². The van der Waals surface area contributed by atoms with Crippen LogP contribution < -0.4 is 5.73 Å². The number of fused-ring (bicyclic) bond motifs is 1. The highest BCUT2D eigenvalue weighted by Crippen LogP contribution is 2.28. The second-order valence-electron chi connectivity index (χ2n) is 5.03. The highest BCUT2D eigenvalue weighted by atomic mass is 16.5. The minimum absolute atomic E-state index is 0.360. The average Bonchev–Trinajstić information content (AvgIpc) is 2.35. The van der Waals surface area contributed by atoms with Gasteiger partial charge >= 0.3 is 5.97 Å². The van der Waals surface area contributed by atoms with Crippen LogP contribution in [0.15, 0.2) is 0 Å². The van der Waals surface area contributed by atoms with Crippen LogP contribution in [0, 0.1) is 0 Å². The van der Waals surface area contributed by atoms with Gasteiger partial charge in [0.05, 0.1) is 12.7 Å². The monoisotopic (exact) mass is 242 g/mol. The standard InChI is InChI=1S/C12H22N2O3/c13-9(12(15)16)5-6-14-7-8-17-11-4-2-1-3-10(11)14/h9-11H,1-8,13H2,(H,15,16). The van der Waals surface area contributed by atoms with E-state index in [1.54, 1.807) is 0 Å². The summed E-state index contributed by atoms with van der Waals surface area (Å²) in [4.78, 5) is 13.1. The van der Waals surface area contributed by atoms with Crippen molar-refractivity contribution in [3.63, 3.8) is 0 Å². The summed E-state index contributed by atoms with van der Waals surface area (Å²) in [6.07, 6.45) is 5.71. The van der Waals surface area contributed by atoms with Crippen LogP contribution in [-0.4, -0.2) is 53.9 Å². The minimum atomic E-state index is -0.904. The molecule has 0 spiro atoms. The van der Waals surface area contributed by atoms with Gasteiger partial charge in [0.2, 0.25) is 0 Å². The predicted octanol–water partition coefficient (Wildman–Crippen LogP) is 0.432. The molecule has 5 nitrogen and oxygen atoms in total. The molecule has 17 heavy (non-hydrogen) atoms. The van der Waals surface area contributed by atoms with Gasteiger partial charge in [-0.2, -0.15) is 0 Å². The zero-order valence-corrected chi connectivity index (χ0v) is 10.2. The van der Waals surface area contributed by atoms with Gasteiger partial charge in [0.25, 0.3) is 0 Å². The fourth-order valence-electron chi connectivity index (χ4n) is 2.88. The molecule has 1 saturated heterocycles. The fourth-order valence-corrected chi connectivity index (χ4v) is 2.88. The van der Waals surface area contributed by atoms with Crippen molar-refractivity contribution in [2.75, 3.05) is 19.7 Å². The average molecular weight is 242 g/mol. The first-order chi connectivity index (χ1) is 8.18. The van der Waals surface area contributed by atoms with E-state index in [1.807, 2.05) is 0 Å². The summed E-state index contributed by atoms with van der Waals surface area (Å²) < 4.78 is 5.78. The highest BCUT2D eigenvalue weighted by Gasteiger charge is 2.34. The van der Waals surface area contributed by atoms with Crippen molar-refractivity contribution < 1.29 is 14.6 Å². The Bertz CT molecular complexity index is 270. The summed E-state index contributed by atoms with van der Waals surface area (Å²) in [6, 6.07) is -0.251. The molecule has 2 rings (SSSR count). The van der Waals surface area contributed by atoms with Gasteiger partial charge in [0.1, 0.15) is 6.04 Å². The lowest BCUT2D eigenvalue weighted by atomic mass is 9.90. The van der Waals surface area contributed by atoms with Crippen LogP contribution in [0.1, 0.15) is 32.1 Å². The van der Waals surface area contributed by atoms with Gasteiger partial charge in [0, 0.05) is 19.1 Å². The molecular weight excluding hydrogens is 220 g/mol. The molecule has 2 fully saturated rings. The zero-order chi connectivity index (χ0) is 12.3. The smallest absolute Gasteiger partial charge is 0.320 e. The van der Waals surface area contributed by atoms with Crippen molar-refractivity contribution in [3.05, 3.63) is 0 Å². The number of rotatable bonds is 4. The maximum absolute atomic E-state index is 10.7. The lowest BCUT2D eigenvalue weighted by Gasteiger charge is -2.44. The summed E-state index contributed by atoms with van der Waals surface area (Å²) in [5.74, 6) is -0.904. The molecule has 0 amide bonds. The maximum Gasteiger partial charge on any atom is 0.320 e. The third kappa shape index (κ3) is 3.18. The van der Waals surface area contributed by atoms with Crippen LogP contribution in [-0.2, 0) is 9.53 Å². The number of nitrogens with two attached hydrogens (primary N) is 1. The third-order valence-electron chi connectivity index (χ3n) is 3.89. The molecular formula is C12H22N2O3. The number of hydrogen-bond donors (Lipinski definition) is 2. The largest absolute Gasteiger partial charge is 0.480 e. The van der Waals surface area contributed by atoms with Crippen LogP contribution in [0.4, 0.5) is 0 Å². The van der Waals surface area contributed by atoms with Gasteiger partial charge < -0.3 is 15.6 Å². The molecule has 0 aromatic heterocycles. The number of hydrogen-bond acceptors (Lipinski definition) is 4. The Morgan fingerprint density at radius 2 is 2.24 bits per heavy atom. The van der Waals surface area contributed by atoms with Crippen molar-refractivity contribution in [1.29, 1.82) is 0 Å². The number of carboxylic acids is 1. The Morgan fingerprint density at radius 1 is 1.47 bits per heavy atom. The lowest BCUT2D eigenvalue weighted by Crippen LogP contribution is -2.53. The highest BCUT2D eigenvalue weighted by molar-refractivity contribution is 5.72. The van der Waals surface area contributed by atoms with Crippen molar-refractivity contribution in [2.45, 2.75) is 50.3 Å². The maximum atomic E-state index is 10.7. The molecule has 3 unspecified atom stereocenters. The van der Waals surface area contributed by atoms with E-state index in [-0.39, 0.29) is 0 Å². The van der Waals surface area contributed by atoms with Crippen molar-refractivity contribution >= 4 is 5.97 Å². The molecule has 0 aromatic rings. The first kappa shape index (κ1) is 12.8. The number of morpholine rings is 1. The van der Waals surface area contributed by atoms with E-state index < -0.39 is 12.0 Å². The molecule has 1 saturated carbocycles. The Morgan fingerprint density at radius 3 is 3.00 bits per heavy atom. The molecule has 0 radical (unpaired) electrons. The van der Waals surface area contributed by atoms with E-state index in [4.69, 9.17) is 15.6 Å². The molecule has 1 aliphatic heterocycles. The van der Waals surface area contributed by atoms with Gasteiger partial charge in [0.15, 0.2) is 0 Å². The molecule has 0 aromatic carbocycles. The molecule has 1 heterocycles. The Kier molecular flexibility index (Phi) is 4.36. The molecule has 1 aliphatic carbocycles. The number of carboxylic acid groups (broad SMARTS) is 1. The number of aliphatic carboxylic acids is 1. The van der Waals surface area contributed by atoms with Crippen molar-refractivity contribution in [3.8, 4) is 0 Å². The summed E-state index contributed by atoms with van der Waals surface area (Å²) in [7, 11) is 0. The topological polar surface area (TPSA) is 75.8 Å². The van der Waals surface area contributed by atoms with Gasteiger partial charge in [-0.3, -0.25) is 9.69 Å². The normalized spacial score (nSPS) is 31.8. The summed E-state index contributed by atoms with van der Waals surface area (Å²) in [5.41, 5.74) is 5.54. The number of carbonyl (C=O) groups is 1. The van der Waals surface area contributed by atoms with E-state index in [2.05, 4.69) is 4.90 Å². The van der Waals surface area contributed by atoms with Crippen LogP contribution in [0.2, 0.25) is 0 Å². The number of ether oxygens (including phenoxy) is 1.